The highest BCUT2D eigenvalue weighted by molar-refractivity contribution is 7.89. The Morgan fingerprint density at radius 2 is 2.25 bits per heavy atom. The maximum Gasteiger partial charge on any atom is 0.322 e. The third-order valence-electron chi connectivity index (χ3n) is 2.50. The van der Waals surface area contributed by atoms with Gasteiger partial charge in [0.2, 0.25) is 10.0 Å². The van der Waals surface area contributed by atoms with Gasteiger partial charge in [0, 0.05) is 12.6 Å². The van der Waals surface area contributed by atoms with Crippen molar-refractivity contribution in [1.29, 1.82) is 0 Å². The largest absolute Gasteiger partial charge is 0.465 e. The van der Waals surface area contributed by atoms with Gasteiger partial charge in [0.15, 0.2) is 5.75 Å². The van der Waals surface area contributed by atoms with Crippen LogP contribution in [0.15, 0.2) is 0 Å². The lowest BCUT2D eigenvalue weighted by Gasteiger charge is -2.21. The number of ether oxygens (including phenoxy) is 1. The van der Waals surface area contributed by atoms with Gasteiger partial charge in [-0.2, -0.15) is 4.31 Å². The summed E-state index contributed by atoms with van der Waals surface area (Å²) in [5, 5.41) is 9.01. The lowest BCUT2D eigenvalue weighted by molar-refractivity contribution is -0.140. The van der Waals surface area contributed by atoms with E-state index >= 15 is 0 Å². The van der Waals surface area contributed by atoms with E-state index in [0.717, 1.165) is 0 Å². The molecule has 0 radical (unpaired) electrons. The zero-order chi connectivity index (χ0) is 12.2. The van der Waals surface area contributed by atoms with E-state index in [1.165, 1.54) is 4.31 Å². The Morgan fingerprint density at radius 1 is 1.56 bits per heavy atom. The van der Waals surface area contributed by atoms with Crippen molar-refractivity contribution in [3.63, 3.8) is 0 Å². The molecular formula is C9H17NO5S. The average Bonchev–Trinajstić information content (AvgIpc) is 2.65. The second kappa shape index (κ2) is 5.60. The summed E-state index contributed by atoms with van der Waals surface area (Å²) in [6, 6.07) is -0.389. The minimum Gasteiger partial charge on any atom is -0.465 e. The quantitative estimate of drug-likeness (QED) is 0.655. The van der Waals surface area contributed by atoms with Gasteiger partial charge in [-0.05, 0) is 19.8 Å². The first kappa shape index (κ1) is 13.4. The molecule has 6 nitrogen and oxygen atoms in total. The van der Waals surface area contributed by atoms with E-state index in [-0.39, 0.29) is 19.3 Å². The SMILES string of the molecule is CCOC(=O)CS(=O)(=O)N1CCC[C@H]1CO. The van der Waals surface area contributed by atoms with E-state index in [2.05, 4.69) is 4.74 Å². The fourth-order valence-corrected chi connectivity index (χ4v) is 3.37. The van der Waals surface area contributed by atoms with Crippen LogP contribution in [0.1, 0.15) is 19.8 Å². The van der Waals surface area contributed by atoms with Crippen molar-refractivity contribution in [3.8, 4) is 0 Å². The van der Waals surface area contributed by atoms with Crippen LogP contribution in [0.5, 0.6) is 0 Å². The topological polar surface area (TPSA) is 83.9 Å². The summed E-state index contributed by atoms with van der Waals surface area (Å²) in [6.07, 6.45) is 1.35. The van der Waals surface area contributed by atoms with Gasteiger partial charge in [0.25, 0.3) is 0 Å². The van der Waals surface area contributed by atoms with Gasteiger partial charge in [0.05, 0.1) is 13.2 Å². The van der Waals surface area contributed by atoms with E-state index in [1.807, 2.05) is 0 Å². The molecule has 94 valence electrons. The summed E-state index contributed by atoms with van der Waals surface area (Å²) in [7, 11) is -3.64. The molecule has 1 aliphatic heterocycles. The second-order valence-electron chi connectivity index (χ2n) is 3.65. The monoisotopic (exact) mass is 251 g/mol. The minimum absolute atomic E-state index is 0.164. The lowest BCUT2D eigenvalue weighted by Crippen LogP contribution is -2.40. The van der Waals surface area contributed by atoms with Crippen molar-refractivity contribution in [2.75, 3.05) is 25.5 Å². The molecule has 0 saturated carbocycles. The zero-order valence-electron chi connectivity index (χ0n) is 9.26. The van der Waals surface area contributed by atoms with Crippen molar-refractivity contribution < 1.29 is 23.1 Å². The Morgan fingerprint density at radius 3 is 2.81 bits per heavy atom. The summed E-state index contributed by atoms with van der Waals surface area (Å²) in [5.74, 6) is -1.39. The molecular weight excluding hydrogens is 234 g/mol. The number of carbonyl (C=O) groups excluding carboxylic acids is 1. The first-order chi connectivity index (χ1) is 7.51. The van der Waals surface area contributed by atoms with E-state index in [1.54, 1.807) is 6.92 Å². The Balaban J connectivity index is 2.66. The highest BCUT2D eigenvalue weighted by atomic mass is 32.2. The van der Waals surface area contributed by atoms with Crippen LogP contribution >= 0.6 is 0 Å². The van der Waals surface area contributed by atoms with Crippen molar-refractivity contribution in [2.45, 2.75) is 25.8 Å². The normalized spacial score (nSPS) is 22.2. The average molecular weight is 251 g/mol. The molecule has 1 fully saturated rings. The smallest absolute Gasteiger partial charge is 0.322 e. The molecule has 0 aromatic carbocycles. The number of hydrogen-bond acceptors (Lipinski definition) is 5. The number of carbonyl (C=O) groups is 1. The third kappa shape index (κ3) is 3.16. The molecule has 1 N–H and O–H groups in total. The maximum absolute atomic E-state index is 11.8. The maximum atomic E-state index is 11.8. The fourth-order valence-electron chi connectivity index (χ4n) is 1.79. The molecule has 0 aliphatic carbocycles. The van der Waals surface area contributed by atoms with Crippen molar-refractivity contribution in [3.05, 3.63) is 0 Å². The van der Waals surface area contributed by atoms with Crippen molar-refractivity contribution in [1.82, 2.24) is 4.31 Å². The Labute approximate surface area is 95.2 Å². The molecule has 1 heterocycles. The molecule has 1 aliphatic rings. The van der Waals surface area contributed by atoms with Crippen LogP contribution < -0.4 is 0 Å². The van der Waals surface area contributed by atoms with Crippen LogP contribution in [0, 0.1) is 0 Å². The number of nitrogens with zero attached hydrogens (tertiary/aromatic N) is 1. The van der Waals surface area contributed by atoms with Gasteiger partial charge in [-0.1, -0.05) is 0 Å². The molecule has 16 heavy (non-hydrogen) atoms. The molecule has 0 aromatic heterocycles. The van der Waals surface area contributed by atoms with Gasteiger partial charge >= 0.3 is 5.97 Å². The minimum atomic E-state index is -3.64. The highest BCUT2D eigenvalue weighted by Crippen LogP contribution is 2.20. The first-order valence-corrected chi connectivity index (χ1v) is 6.88. The van der Waals surface area contributed by atoms with Gasteiger partial charge < -0.3 is 9.84 Å². The first-order valence-electron chi connectivity index (χ1n) is 5.27. The van der Waals surface area contributed by atoms with Gasteiger partial charge in [-0.3, -0.25) is 4.79 Å². The standard InChI is InChI=1S/C9H17NO5S/c1-2-15-9(12)7-16(13,14)10-5-3-4-8(10)6-11/h8,11H,2-7H2,1H3/t8-/m0/s1. The van der Waals surface area contributed by atoms with Crippen LogP contribution in [0.2, 0.25) is 0 Å². The number of sulfonamides is 1. The zero-order valence-corrected chi connectivity index (χ0v) is 10.1. The number of aliphatic hydroxyl groups is 1. The van der Waals surface area contributed by atoms with Gasteiger partial charge in [0.1, 0.15) is 0 Å². The molecule has 1 atom stereocenters. The van der Waals surface area contributed by atoms with E-state index in [9.17, 15) is 13.2 Å². The molecule has 0 unspecified atom stereocenters. The lowest BCUT2D eigenvalue weighted by atomic mass is 10.2. The number of aliphatic hydroxyl groups excluding tert-OH is 1. The highest BCUT2D eigenvalue weighted by Gasteiger charge is 2.35. The predicted octanol–water partition coefficient (Wildman–Crippen LogP) is -0.664. The van der Waals surface area contributed by atoms with Crippen molar-refractivity contribution in [2.24, 2.45) is 0 Å². The number of rotatable bonds is 5. The summed E-state index contributed by atoms with van der Waals surface area (Å²) < 4.78 is 29.4. The van der Waals surface area contributed by atoms with Crippen molar-refractivity contribution >= 4 is 16.0 Å². The molecule has 0 amide bonds. The number of esters is 1. The summed E-state index contributed by atoms with van der Waals surface area (Å²) in [5.41, 5.74) is 0. The molecule has 0 spiro atoms. The molecule has 7 heteroatoms. The van der Waals surface area contributed by atoms with Gasteiger partial charge in [-0.15, -0.1) is 0 Å². The van der Waals surface area contributed by atoms with E-state index in [4.69, 9.17) is 5.11 Å². The van der Waals surface area contributed by atoms with Crippen LogP contribution in [0.25, 0.3) is 0 Å². The Bertz CT molecular complexity index is 340. The molecule has 1 rings (SSSR count). The summed E-state index contributed by atoms with van der Waals surface area (Å²) >= 11 is 0. The van der Waals surface area contributed by atoms with Crippen LogP contribution in [0.3, 0.4) is 0 Å². The Hall–Kier alpha value is -0.660. The summed E-state index contributed by atoms with van der Waals surface area (Å²) in [4.78, 5) is 11.1. The Kier molecular flexibility index (Phi) is 4.69. The predicted molar refractivity (Wildman–Crippen MR) is 57.2 cm³/mol. The molecule has 1 saturated heterocycles. The van der Waals surface area contributed by atoms with Gasteiger partial charge in [-0.25, -0.2) is 8.42 Å². The third-order valence-corrected chi connectivity index (χ3v) is 4.29. The van der Waals surface area contributed by atoms with E-state index < -0.39 is 21.7 Å². The van der Waals surface area contributed by atoms with E-state index in [0.29, 0.717) is 19.4 Å². The summed E-state index contributed by atoms with van der Waals surface area (Å²) in [6.45, 7) is 1.95. The molecule has 0 bridgehead atoms. The fraction of sp³-hybridized carbons (Fsp3) is 0.889. The number of hydrogen-bond donors (Lipinski definition) is 1. The van der Waals surface area contributed by atoms with Crippen LogP contribution in [-0.2, 0) is 19.6 Å². The molecule has 0 aromatic rings. The second-order valence-corrected chi connectivity index (χ2v) is 5.57. The van der Waals surface area contributed by atoms with Crippen LogP contribution in [0.4, 0.5) is 0 Å². The van der Waals surface area contributed by atoms with Crippen LogP contribution in [-0.4, -0.2) is 55.4 Å².